The summed E-state index contributed by atoms with van der Waals surface area (Å²) in [5.74, 6) is -1.66. The van der Waals surface area contributed by atoms with Crippen molar-refractivity contribution in [3.8, 4) is 0 Å². The molecule has 0 unspecified atom stereocenters. The minimum absolute atomic E-state index is 0.0123. The van der Waals surface area contributed by atoms with Crippen LogP contribution in [0.25, 0.3) is 17.0 Å². The van der Waals surface area contributed by atoms with Gasteiger partial charge in [-0.05, 0) is 53.2 Å². The molecule has 0 spiro atoms. The fourth-order valence-corrected chi connectivity index (χ4v) is 6.34. The third kappa shape index (κ3) is 5.39. The second-order valence-electron chi connectivity index (χ2n) is 8.55. The van der Waals surface area contributed by atoms with Crippen LogP contribution in [-0.2, 0) is 32.5 Å². The van der Waals surface area contributed by atoms with Gasteiger partial charge >= 0.3 is 16.4 Å². The number of hydrogen-bond acceptors (Lipinski definition) is 7. The first-order valence-corrected chi connectivity index (χ1v) is 13.8. The maximum Gasteiger partial charge on any atom is 0.416 e. The van der Waals surface area contributed by atoms with E-state index in [-0.39, 0.29) is 35.1 Å². The molecule has 5 rings (SSSR count). The van der Waals surface area contributed by atoms with Gasteiger partial charge in [0, 0.05) is 17.0 Å². The number of nitrogens with one attached hydrogen (secondary N) is 1. The van der Waals surface area contributed by atoms with Gasteiger partial charge in [0.2, 0.25) is 0 Å². The van der Waals surface area contributed by atoms with Gasteiger partial charge in [0.1, 0.15) is 6.54 Å². The van der Waals surface area contributed by atoms with Gasteiger partial charge in [-0.15, -0.1) is 0 Å². The maximum atomic E-state index is 13.5. The summed E-state index contributed by atoms with van der Waals surface area (Å²) in [4.78, 5) is 38.3. The summed E-state index contributed by atoms with van der Waals surface area (Å²) in [5.41, 5.74) is 0.173. The first-order chi connectivity index (χ1) is 18.3. The Morgan fingerprint density at radius 3 is 2.64 bits per heavy atom. The molecule has 39 heavy (non-hydrogen) atoms. The molecule has 3 amide bonds. The van der Waals surface area contributed by atoms with Crippen molar-refractivity contribution in [1.29, 1.82) is 0 Å². The average Bonchev–Trinajstić information content (AvgIpc) is 3.50. The van der Waals surface area contributed by atoms with Crippen molar-refractivity contribution < 1.29 is 36.0 Å². The van der Waals surface area contributed by atoms with Crippen LogP contribution in [0.1, 0.15) is 16.7 Å². The quantitative estimate of drug-likeness (QED) is 0.446. The lowest BCUT2D eigenvalue weighted by Crippen LogP contribution is -2.43. The first-order valence-electron chi connectivity index (χ1n) is 11.2. The number of benzene rings is 2. The monoisotopic (exact) mass is 599 g/mol. The molecular formula is C23H17ClF3N5O5S2. The van der Waals surface area contributed by atoms with Crippen LogP contribution in [-0.4, -0.2) is 64.1 Å². The van der Waals surface area contributed by atoms with E-state index in [1.807, 2.05) is 0 Å². The third-order valence-electron chi connectivity index (χ3n) is 6.00. The highest BCUT2D eigenvalue weighted by Crippen LogP contribution is 2.35. The molecule has 2 aromatic carbocycles. The largest absolute Gasteiger partial charge is 0.416 e. The highest BCUT2D eigenvalue weighted by atomic mass is 35.5. The van der Waals surface area contributed by atoms with Crippen molar-refractivity contribution in [2.45, 2.75) is 12.7 Å². The number of carbonyl (C=O) groups is 3. The molecule has 3 heterocycles. The Hall–Kier alpha value is -3.40. The highest BCUT2D eigenvalue weighted by Gasteiger charge is 2.40. The topological polar surface area (TPSA) is 122 Å². The van der Waals surface area contributed by atoms with E-state index in [2.05, 4.69) is 9.82 Å². The summed E-state index contributed by atoms with van der Waals surface area (Å²) in [7, 11) is -3.98. The SMILES string of the molecule is O=C1SC(=Cc2ccc3c(cnn3Cc3ccc(Cl)cc3C(F)(F)F)c2)C(=O)N1CC(=O)N1CCNS1(=O)=O. The first kappa shape index (κ1) is 27.2. The predicted molar refractivity (Wildman–Crippen MR) is 137 cm³/mol. The molecule has 0 aliphatic carbocycles. The van der Waals surface area contributed by atoms with Gasteiger partial charge in [-0.1, -0.05) is 23.7 Å². The number of halogens is 4. The Labute approximate surface area is 228 Å². The van der Waals surface area contributed by atoms with Crippen LogP contribution >= 0.6 is 23.4 Å². The summed E-state index contributed by atoms with van der Waals surface area (Å²) >= 11 is 6.36. The van der Waals surface area contributed by atoms with E-state index < -0.39 is 45.5 Å². The number of aromatic nitrogens is 2. The van der Waals surface area contributed by atoms with E-state index in [1.165, 1.54) is 29.1 Å². The average molecular weight is 600 g/mol. The van der Waals surface area contributed by atoms with Gasteiger partial charge in [0.15, 0.2) is 0 Å². The van der Waals surface area contributed by atoms with Crippen LogP contribution in [0.2, 0.25) is 5.02 Å². The molecule has 3 aromatic rings. The molecular weight excluding hydrogens is 583 g/mol. The van der Waals surface area contributed by atoms with Crippen LogP contribution in [0, 0.1) is 0 Å². The Morgan fingerprint density at radius 2 is 1.95 bits per heavy atom. The van der Waals surface area contributed by atoms with Crippen molar-refractivity contribution >= 4 is 67.6 Å². The fraction of sp³-hybridized carbons (Fsp3) is 0.217. The molecule has 2 aliphatic rings. The summed E-state index contributed by atoms with van der Waals surface area (Å²) in [5, 5.41) is 4.02. The lowest BCUT2D eigenvalue weighted by Gasteiger charge is -2.17. The van der Waals surface area contributed by atoms with E-state index in [0.717, 1.165) is 6.07 Å². The standard InChI is InChI=1S/C23H17ClF3N5O5S2/c24-16-3-2-14(17(9-16)23(25,26)27)11-31-18-4-1-13(7-15(18)10-28-31)8-19-21(34)30(22(35)38-19)12-20(33)32-6-5-29-39(32,36)37/h1-4,7-10,29H,5-6,11-12H2. The second-order valence-corrected chi connectivity index (χ2v) is 11.7. The summed E-state index contributed by atoms with van der Waals surface area (Å²) in [6.45, 7) is -0.946. The summed E-state index contributed by atoms with van der Waals surface area (Å²) in [6.07, 6.45) is -1.70. The molecule has 2 aliphatic heterocycles. The lowest BCUT2D eigenvalue weighted by atomic mass is 10.1. The molecule has 2 fully saturated rings. The van der Waals surface area contributed by atoms with E-state index in [0.29, 0.717) is 37.4 Å². The van der Waals surface area contributed by atoms with E-state index >= 15 is 0 Å². The Kier molecular flexibility index (Phi) is 6.95. The number of amides is 3. The third-order valence-corrected chi connectivity index (χ3v) is 8.67. The van der Waals surface area contributed by atoms with Crippen LogP contribution in [0.15, 0.2) is 47.5 Å². The van der Waals surface area contributed by atoms with Gasteiger partial charge in [0.05, 0.1) is 35.3 Å². The fourth-order valence-electron chi connectivity index (χ4n) is 4.17. The molecule has 2 saturated heterocycles. The predicted octanol–water partition coefficient (Wildman–Crippen LogP) is 3.47. The van der Waals surface area contributed by atoms with Crippen molar-refractivity contribution in [1.82, 2.24) is 23.7 Å². The Bertz CT molecular complexity index is 1670. The number of rotatable bonds is 5. The molecule has 0 bridgehead atoms. The number of hydrogen-bond donors (Lipinski definition) is 1. The number of fused-ring (bicyclic) bond motifs is 1. The van der Waals surface area contributed by atoms with Gasteiger partial charge in [0.25, 0.3) is 17.1 Å². The van der Waals surface area contributed by atoms with Crippen molar-refractivity contribution in [2.24, 2.45) is 0 Å². The van der Waals surface area contributed by atoms with Crippen molar-refractivity contribution in [3.05, 3.63) is 69.2 Å². The van der Waals surface area contributed by atoms with Crippen molar-refractivity contribution in [2.75, 3.05) is 19.6 Å². The molecule has 10 nitrogen and oxygen atoms in total. The molecule has 0 saturated carbocycles. The molecule has 1 N–H and O–H groups in total. The number of imide groups is 1. The number of carbonyl (C=O) groups excluding carboxylic acids is 3. The van der Waals surface area contributed by atoms with Crippen LogP contribution in [0.5, 0.6) is 0 Å². The van der Waals surface area contributed by atoms with Gasteiger partial charge < -0.3 is 0 Å². The molecule has 204 valence electrons. The zero-order valence-corrected chi connectivity index (χ0v) is 22.0. The van der Waals surface area contributed by atoms with Crippen LogP contribution in [0.3, 0.4) is 0 Å². The number of thioether (sulfide) groups is 1. The van der Waals surface area contributed by atoms with E-state index in [9.17, 15) is 36.0 Å². The zero-order chi connectivity index (χ0) is 28.1. The molecule has 0 radical (unpaired) electrons. The minimum Gasteiger partial charge on any atom is -0.272 e. The summed E-state index contributed by atoms with van der Waals surface area (Å²) in [6, 6.07) is 8.40. The van der Waals surface area contributed by atoms with Gasteiger partial charge in [-0.3, -0.25) is 24.0 Å². The van der Waals surface area contributed by atoms with Crippen molar-refractivity contribution in [3.63, 3.8) is 0 Å². The van der Waals surface area contributed by atoms with Gasteiger partial charge in [-0.25, -0.2) is 4.31 Å². The van der Waals surface area contributed by atoms with Crippen LogP contribution < -0.4 is 4.72 Å². The second kappa shape index (κ2) is 9.97. The van der Waals surface area contributed by atoms with Gasteiger partial charge in [-0.2, -0.15) is 31.4 Å². The smallest absolute Gasteiger partial charge is 0.272 e. The minimum atomic E-state index is -4.59. The lowest BCUT2D eigenvalue weighted by molar-refractivity contribution is -0.138. The maximum absolute atomic E-state index is 13.5. The highest BCUT2D eigenvalue weighted by molar-refractivity contribution is 8.18. The Balaban J connectivity index is 1.35. The zero-order valence-electron chi connectivity index (χ0n) is 19.6. The van der Waals surface area contributed by atoms with Crippen LogP contribution in [0.4, 0.5) is 18.0 Å². The van der Waals surface area contributed by atoms with E-state index in [4.69, 9.17) is 11.6 Å². The van der Waals surface area contributed by atoms with E-state index in [1.54, 1.807) is 18.2 Å². The molecule has 1 aromatic heterocycles. The molecule has 16 heteroatoms. The summed E-state index contributed by atoms with van der Waals surface area (Å²) < 4.78 is 68.3. The Morgan fingerprint density at radius 1 is 1.18 bits per heavy atom. The number of alkyl halides is 3. The normalized spacial score (nSPS) is 18.6. The number of nitrogens with zero attached hydrogens (tertiary/aromatic N) is 4. The molecule has 0 atom stereocenters.